The number of nitrogens with one attached hydrogen (secondary N) is 1. The van der Waals surface area contributed by atoms with Crippen molar-refractivity contribution in [1.29, 1.82) is 0 Å². The average Bonchev–Trinajstić information content (AvgIpc) is 3.31. The highest BCUT2D eigenvalue weighted by Gasteiger charge is 2.38. The average molecular weight is 534 g/mol. The molecular weight excluding hydrogens is 514 g/mol. The lowest BCUT2D eigenvalue weighted by molar-refractivity contribution is -0.192. The van der Waals surface area contributed by atoms with Crippen LogP contribution in [0.5, 0.6) is 0 Å². The minimum atomic E-state index is -5.08. The van der Waals surface area contributed by atoms with Crippen molar-refractivity contribution in [3.8, 4) is 0 Å². The highest BCUT2D eigenvalue weighted by Crippen LogP contribution is 2.42. The van der Waals surface area contributed by atoms with Crippen LogP contribution in [0, 0.1) is 0 Å². The summed E-state index contributed by atoms with van der Waals surface area (Å²) in [5.41, 5.74) is 2.29. The molecular formula is C23H20F6N2O4S. The Kier molecular flexibility index (Phi) is 6.36. The standard InChI is InChI=1S/C21H19F3N2O2S.C2HF3O2/c1-26-18-8-6-15(11-16(18)20-17-7-5-13(25-17)10-19(20)26)29(27,28)14-4-2-3-12(9-14)21(22,23)24;3-2(4,5)1(6)7/h2-4,6,8-9,11,13,17,25H,5,7,10H2,1H3;(H,6,7). The number of rotatable bonds is 2. The number of aromatic nitrogens is 1. The van der Waals surface area contributed by atoms with Crippen molar-refractivity contribution in [2.75, 3.05) is 0 Å². The number of fused-ring (bicyclic) bond motifs is 6. The zero-order valence-corrected chi connectivity index (χ0v) is 19.4. The molecule has 2 aromatic carbocycles. The molecule has 1 saturated heterocycles. The van der Waals surface area contributed by atoms with E-state index in [0.29, 0.717) is 12.1 Å². The topological polar surface area (TPSA) is 88.4 Å². The monoisotopic (exact) mass is 534 g/mol. The van der Waals surface area contributed by atoms with Crippen molar-refractivity contribution in [2.24, 2.45) is 7.05 Å². The van der Waals surface area contributed by atoms with Crippen LogP contribution in [0.1, 0.15) is 35.7 Å². The van der Waals surface area contributed by atoms with Gasteiger partial charge in [-0.1, -0.05) is 6.07 Å². The highest BCUT2D eigenvalue weighted by atomic mass is 32.2. The van der Waals surface area contributed by atoms with E-state index in [2.05, 4.69) is 9.88 Å². The smallest absolute Gasteiger partial charge is 0.475 e. The molecule has 13 heteroatoms. The number of hydrogen-bond acceptors (Lipinski definition) is 4. The second kappa shape index (κ2) is 8.80. The third kappa shape index (κ3) is 4.69. The maximum absolute atomic E-state index is 13.1. The molecule has 2 N–H and O–H groups in total. The van der Waals surface area contributed by atoms with Crippen LogP contribution >= 0.6 is 0 Å². The minimum Gasteiger partial charge on any atom is -0.475 e. The highest BCUT2D eigenvalue weighted by molar-refractivity contribution is 7.91. The summed E-state index contributed by atoms with van der Waals surface area (Å²) >= 11 is 0. The van der Waals surface area contributed by atoms with E-state index in [4.69, 9.17) is 9.90 Å². The number of aliphatic carboxylic acids is 1. The molecule has 194 valence electrons. The summed E-state index contributed by atoms with van der Waals surface area (Å²) < 4.78 is 99.2. The van der Waals surface area contributed by atoms with Crippen molar-refractivity contribution in [3.05, 3.63) is 59.3 Å². The van der Waals surface area contributed by atoms with E-state index in [0.717, 1.165) is 47.9 Å². The van der Waals surface area contributed by atoms with E-state index in [1.165, 1.54) is 17.8 Å². The molecule has 0 spiro atoms. The first kappa shape index (κ1) is 26.0. The number of benzene rings is 2. The van der Waals surface area contributed by atoms with Crippen molar-refractivity contribution < 1.29 is 44.7 Å². The van der Waals surface area contributed by atoms with Gasteiger partial charge >= 0.3 is 18.3 Å². The minimum absolute atomic E-state index is 0.0119. The largest absolute Gasteiger partial charge is 0.490 e. The van der Waals surface area contributed by atoms with E-state index < -0.39 is 33.7 Å². The molecule has 2 aliphatic rings. The summed E-state index contributed by atoms with van der Waals surface area (Å²) in [5, 5.41) is 11.6. The first-order chi connectivity index (χ1) is 16.6. The summed E-state index contributed by atoms with van der Waals surface area (Å²) in [6, 6.07) is 9.39. The Labute approximate surface area is 201 Å². The van der Waals surface area contributed by atoms with Crippen LogP contribution in [0.4, 0.5) is 26.3 Å². The van der Waals surface area contributed by atoms with E-state index >= 15 is 0 Å². The van der Waals surface area contributed by atoms with Gasteiger partial charge < -0.3 is 15.0 Å². The second-order valence-corrected chi connectivity index (χ2v) is 10.6. The number of carboxylic acids is 1. The van der Waals surface area contributed by atoms with Crippen molar-refractivity contribution >= 4 is 26.7 Å². The first-order valence-corrected chi connectivity index (χ1v) is 12.2. The Bertz CT molecular complexity index is 1440. The lowest BCUT2D eigenvalue weighted by Crippen LogP contribution is -2.32. The van der Waals surface area contributed by atoms with Crippen LogP contribution in [-0.2, 0) is 34.3 Å². The first-order valence-electron chi connectivity index (χ1n) is 10.7. The number of alkyl halides is 6. The summed E-state index contributed by atoms with van der Waals surface area (Å²) in [7, 11) is -2.09. The van der Waals surface area contributed by atoms with Gasteiger partial charge in [0.2, 0.25) is 9.84 Å². The molecule has 0 radical (unpaired) electrons. The molecule has 1 fully saturated rings. The van der Waals surface area contributed by atoms with Crippen molar-refractivity contribution in [2.45, 2.75) is 53.5 Å². The predicted molar refractivity (Wildman–Crippen MR) is 116 cm³/mol. The molecule has 0 aliphatic carbocycles. The Hall–Kier alpha value is -3.06. The predicted octanol–water partition coefficient (Wildman–Crippen LogP) is 5.01. The van der Waals surface area contributed by atoms with Crippen LogP contribution in [-0.4, -0.2) is 36.3 Å². The molecule has 2 bridgehead atoms. The number of carboxylic acid groups (broad SMARTS) is 1. The maximum Gasteiger partial charge on any atom is 0.490 e. The summed E-state index contributed by atoms with van der Waals surface area (Å²) in [5.74, 6) is -2.76. The number of halogens is 6. The summed E-state index contributed by atoms with van der Waals surface area (Å²) in [6.07, 6.45) is -6.70. The normalized spacial score (nSPS) is 19.5. The Morgan fingerprint density at radius 1 is 1.03 bits per heavy atom. The van der Waals surface area contributed by atoms with Crippen LogP contribution in [0.15, 0.2) is 52.3 Å². The number of aryl methyl sites for hydroxylation is 1. The molecule has 3 aromatic rings. The fraction of sp³-hybridized carbons (Fsp3) is 0.348. The lowest BCUT2D eigenvalue weighted by Gasteiger charge is -2.23. The third-order valence-electron chi connectivity index (χ3n) is 6.39. The number of carbonyl (C=O) groups is 1. The van der Waals surface area contributed by atoms with Gasteiger partial charge in [-0.15, -0.1) is 0 Å². The molecule has 2 unspecified atom stereocenters. The zero-order valence-electron chi connectivity index (χ0n) is 18.6. The lowest BCUT2D eigenvalue weighted by atomic mass is 9.99. The van der Waals surface area contributed by atoms with Gasteiger partial charge in [-0.05, 0) is 54.8 Å². The van der Waals surface area contributed by atoms with Gasteiger partial charge in [0.25, 0.3) is 0 Å². The molecule has 1 aromatic heterocycles. The van der Waals surface area contributed by atoms with Crippen LogP contribution < -0.4 is 5.32 Å². The molecule has 0 amide bonds. The summed E-state index contributed by atoms with van der Waals surface area (Å²) in [6.45, 7) is 0. The zero-order chi connectivity index (χ0) is 26.6. The molecule has 6 nitrogen and oxygen atoms in total. The van der Waals surface area contributed by atoms with Gasteiger partial charge in [0.1, 0.15) is 0 Å². The summed E-state index contributed by atoms with van der Waals surface area (Å²) in [4.78, 5) is 8.56. The van der Waals surface area contributed by atoms with E-state index in [1.54, 1.807) is 12.1 Å². The number of hydrogen-bond donors (Lipinski definition) is 2. The van der Waals surface area contributed by atoms with Gasteiger partial charge in [-0.2, -0.15) is 26.3 Å². The van der Waals surface area contributed by atoms with Gasteiger partial charge in [0.15, 0.2) is 0 Å². The molecule has 2 aliphatic heterocycles. The van der Waals surface area contributed by atoms with Gasteiger partial charge in [-0.3, -0.25) is 0 Å². The van der Waals surface area contributed by atoms with Crippen molar-refractivity contribution in [3.63, 3.8) is 0 Å². The maximum atomic E-state index is 13.1. The fourth-order valence-electron chi connectivity index (χ4n) is 4.72. The Morgan fingerprint density at radius 3 is 2.28 bits per heavy atom. The quantitative estimate of drug-likeness (QED) is 0.452. The van der Waals surface area contributed by atoms with Crippen LogP contribution in [0.2, 0.25) is 0 Å². The molecule has 3 heterocycles. The number of sulfone groups is 1. The third-order valence-corrected chi connectivity index (χ3v) is 8.14. The van der Waals surface area contributed by atoms with Crippen molar-refractivity contribution in [1.82, 2.24) is 9.88 Å². The molecule has 2 atom stereocenters. The Balaban J connectivity index is 0.000000384. The van der Waals surface area contributed by atoms with Gasteiger partial charge in [-0.25, -0.2) is 13.2 Å². The van der Waals surface area contributed by atoms with E-state index in [1.807, 2.05) is 7.05 Å². The second-order valence-electron chi connectivity index (χ2n) is 8.63. The van der Waals surface area contributed by atoms with Crippen LogP contribution in [0.3, 0.4) is 0 Å². The SMILES string of the molecule is Cn1c2c(c3cc(S(=O)(=O)c4cccc(C(F)(F)F)c4)ccc31)C1CCC(C2)N1.O=C(O)C(F)(F)F. The fourth-order valence-corrected chi connectivity index (χ4v) is 6.06. The van der Waals surface area contributed by atoms with Gasteiger partial charge in [0.05, 0.1) is 15.4 Å². The van der Waals surface area contributed by atoms with Crippen LogP contribution in [0.25, 0.3) is 10.9 Å². The molecule has 0 saturated carbocycles. The van der Waals surface area contributed by atoms with E-state index in [9.17, 15) is 34.8 Å². The van der Waals surface area contributed by atoms with E-state index in [-0.39, 0.29) is 15.8 Å². The molecule has 5 rings (SSSR count). The number of nitrogens with zero attached hydrogens (tertiary/aromatic N) is 1. The van der Waals surface area contributed by atoms with Gasteiger partial charge in [0, 0.05) is 42.1 Å². The molecule has 36 heavy (non-hydrogen) atoms. The Morgan fingerprint density at radius 2 is 1.67 bits per heavy atom.